The van der Waals surface area contributed by atoms with Crippen LogP contribution in [0.5, 0.6) is 0 Å². The summed E-state index contributed by atoms with van der Waals surface area (Å²) >= 11 is 0. The number of likely N-dealkylation sites (N-methyl/N-ethyl adjacent to an activating group) is 1. The summed E-state index contributed by atoms with van der Waals surface area (Å²) in [5, 5.41) is 8.74. The molecule has 5 nitrogen and oxygen atoms in total. The molecule has 0 saturated heterocycles. The Kier molecular flexibility index (Phi) is 4.03. The minimum absolute atomic E-state index is 0.349. The lowest BCUT2D eigenvalue weighted by Crippen LogP contribution is -2.53. The third-order valence-corrected chi connectivity index (χ3v) is 2.06. The Morgan fingerprint density at radius 2 is 1.92 bits per heavy atom. The maximum atomic E-state index is 11.5. The molecule has 1 atom stereocenters. The molecule has 0 aromatic heterocycles. The Bertz CT molecular complexity index is 209. The number of nitrogens with zero attached hydrogens (tertiary/aromatic N) is 1. The predicted molar refractivity (Wildman–Crippen MR) is 47.3 cm³/mol. The second-order valence-corrected chi connectivity index (χ2v) is 3.33. The van der Waals surface area contributed by atoms with Crippen LogP contribution in [0.15, 0.2) is 0 Å². The highest BCUT2D eigenvalue weighted by Crippen LogP contribution is 2.10. The molecule has 76 valence electrons. The standard InChI is InChI=1S/C8H16N2O3/c1-5-8(2,9-13)6(11)7(12)10(3)4/h9,13H,5H2,1-4H3. The first-order valence-corrected chi connectivity index (χ1v) is 4.06. The van der Waals surface area contributed by atoms with Crippen molar-refractivity contribution in [1.82, 2.24) is 10.4 Å². The van der Waals surface area contributed by atoms with Gasteiger partial charge >= 0.3 is 0 Å². The fraction of sp³-hybridized carbons (Fsp3) is 0.750. The second kappa shape index (κ2) is 4.34. The van der Waals surface area contributed by atoms with Gasteiger partial charge in [0.25, 0.3) is 5.91 Å². The van der Waals surface area contributed by atoms with Crippen molar-refractivity contribution in [3.8, 4) is 0 Å². The van der Waals surface area contributed by atoms with Gasteiger partial charge in [-0.1, -0.05) is 6.92 Å². The molecule has 0 saturated carbocycles. The molecule has 0 aromatic rings. The number of hydrogen-bond acceptors (Lipinski definition) is 4. The van der Waals surface area contributed by atoms with Crippen molar-refractivity contribution >= 4 is 11.7 Å². The zero-order valence-corrected chi connectivity index (χ0v) is 8.42. The van der Waals surface area contributed by atoms with E-state index in [1.165, 1.54) is 25.9 Å². The number of nitrogens with one attached hydrogen (secondary N) is 1. The molecule has 0 spiro atoms. The summed E-state index contributed by atoms with van der Waals surface area (Å²) in [5.41, 5.74) is 0.687. The van der Waals surface area contributed by atoms with E-state index in [1.54, 1.807) is 6.92 Å². The highest BCUT2D eigenvalue weighted by atomic mass is 16.5. The van der Waals surface area contributed by atoms with Gasteiger partial charge in [-0.2, -0.15) is 5.48 Å². The Morgan fingerprint density at radius 3 is 2.15 bits per heavy atom. The van der Waals surface area contributed by atoms with Crippen LogP contribution in [0.3, 0.4) is 0 Å². The van der Waals surface area contributed by atoms with E-state index in [0.29, 0.717) is 6.42 Å². The van der Waals surface area contributed by atoms with E-state index in [-0.39, 0.29) is 0 Å². The van der Waals surface area contributed by atoms with Gasteiger partial charge < -0.3 is 10.1 Å². The molecule has 1 amide bonds. The molecule has 0 fully saturated rings. The van der Waals surface area contributed by atoms with Gasteiger partial charge in [0.2, 0.25) is 5.78 Å². The van der Waals surface area contributed by atoms with Crippen molar-refractivity contribution in [2.45, 2.75) is 25.8 Å². The first kappa shape index (κ1) is 12.1. The van der Waals surface area contributed by atoms with E-state index in [1.807, 2.05) is 5.48 Å². The SMILES string of the molecule is CCC(C)(NO)C(=O)C(=O)N(C)C. The highest BCUT2D eigenvalue weighted by Gasteiger charge is 2.36. The average Bonchev–Trinajstić information content (AvgIpc) is 2.14. The van der Waals surface area contributed by atoms with E-state index in [2.05, 4.69) is 0 Å². The minimum Gasteiger partial charge on any atom is -0.342 e. The summed E-state index contributed by atoms with van der Waals surface area (Å²) in [6.45, 7) is 3.20. The normalized spacial score (nSPS) is 14.8. The van der Waals surface area contributed by atoms with E-state index in [0.717, 1.165) is 0 Å². The lowest BCUT2D eigenvalue weighted by Gasteiger charge is -2.25. The van der Waals surface area contributed by atoms with Crippen LogP contribution in [-0.2, 0) is 9.59 Å². The molecule has 0 rings (SSSR count). The van der Waals surface area contributed by atoms with E-state index in [9.17, 15) is 9.59 Å². The van der Waals surface area contributed by atoms with Gasteiger partial charge in [0.15, 0.2) is 0 Å². The monoisotopic (exact) mass is 188 g/mol. The third kappa shape index (κ3) is 2.50. The van der Waals surface area contributed by atoms with Gasteiger partial charge in [-0.15, -0.1) is 0 Å². The number of rotatable bonds is 4. The van der Waals surface area contributed by atoms with Crippen LogP contribution in [-0.4, -0.2) is 41.4 Å². The maximum absolute atomic E-state index is 11.5. The molecular weight excluding hydrogens is 172 g/mol. The summed E-state index contributed by atoms with van der Waals surface area (Å²) < 4.78 is 0. The van der Waals surface area contributed by atoms with Crippen molar-refractivity contribution in [2.75, 3.05) is 14.1 Å². The molecule has 0 bridgehead atoms. The lowest BCUT2D eigenvalue weighted by atomic mass is 9.93. The van der Waals surface area contributed by atoms with Gasteiger partial charge in [0.1, 0.15) is 5.54 Å². The number of ketones is 1. The van der Waals surface area contributed by atoms with Crippen LogP contribution in [0.1, 0.15) is 20.3 Å². The van der Waals surface area contributed by atoms with Crippen molar-refractivity contribution < 1.29 is 14.8 Å². The molecule has 0 aliphatic rings. The van der Waals surface area contributed by atoms with Crippen LogP contribution in [0.25, 0.3) is 0 Å². The third-order valence-electron chi connectivity index (χ3n) is 2.06. The zero-order valence-electron chi connectivity index (χ0n) is 8.42. The van der Waals surface area contributed by atoms with E-state index < -0.39 is 17.2 Å². The Morgan fingerprint density at radius 1 is 1.46 bits per heavy atom. The molecule has 0 aliphatic carbocycles. The largest absolute Gasteiger partial charge is 0.342 e. The zero-order chi connectivity index (χ0) is 10.6. The van der Waals surface area contributed by atoms with Gasteiger partial charge in [-0.3, -0.25) is 9.59 Å². The molecule has 0 radical (unpaired) electrons. The molecule has 2 N–H and O–H groups in total. The van der Waals surface area contributed by atoms with E-state index in [4.69, 9.17) is 5.21 Å². The second-order valence-electron chi connectivity index (χ2n) is 3.33. The first-order chi connectivity index (χ1) is 5.89. The fourth-order valence-electron chi connectivity index (χ4n) is 0.729. The Balaban J connectivity index is 4.66. The highest BCUT2D eigenvalue weighted by molar-refractivity contribution is 6.39. The molecule has 0 aromatic carbocycles. The summed E-state index contributed by atoms with van der Waals surface area (Å²) in [5.74, 6) is -1.26. The first-order valence-electron chi connectivity index (χ1n) is 4.06. The fourth-order valence-corrected chi connectivity index (χ4v) is 0.729. The molecule has 13 heavy (non-hydrogen) atoms. The van der Waals surface area contributed by atoms with Crippen LogP contribution < -0.4 is 5.48 Å². The van der Waals surface area contributed by atoms with Crippen LogP contribution in [0.2, 0.25) is 0 Å². The number of amides is 1. The van der Waals surface area contributed by atoms with Crippen LogP contribution in [0.4, 0.5) is 0 Å². The number of Topliss-reactive ketones (excluding diaryl/α,β-unsaturated/α-hetero) is 1. The van der Waals surface area contributed by atoms with Crippen LogP contribution in [0, 0.1) is 0 Å². The maximum Gasteiger partial charge on any atom is 0.291 e. The number of hydrogen-bond donors (Lipinski definition) is 2. The Hall–Kier alpha value is -0.940. The lowest BCUT2D eigenvalue weighted by molar-refractivity contribution is -0.148. The number of carbonyl (C=O) groups is 2. The Labute approximate surface area is 77.7 Å². The van der Waals surface area contributed by atoms with Crippen molar-refractivity contribution in [3.63, 3.8) is 0 Å². The van der Waals surface area contributed by atoms with Gasteiger partial charge in [-0.05, 0) is 13.3 Å². The number of hydroxylamine groups is 1. The summed E-state index contributed by atoms with van der Waals surface area (Å²) in [4.78, 5) is 23.9. The quantitative estimate of drug-likeness (QED) is 0.473. The van der Waals surface area contributed by atoms with Crippen molar-refractivity contribution in [3.05, 3.63) is 0 Å². The molecule has 1 unspecified atom stereocenters. The van der Waals surface area contributed by atoms with E-state index >= 15 is 0 Å². The summed E-state index contributed by atoms with van der Waals surface area (Å²) in [6, 6.07) is 0. The molecule has 0 heterocycles. The molecule has 5 heteroatoms. The van der Waals surface area contributed by atoms with Gasteiger partial charge in [-0.25, -0.2) is 0 Å². The van der Waals surface area contributed by atoms with Gasteiger partial charge in [0.05, 0.1) is 0 Å². The average molecular weight is 188 g/mol. The number of carbonyl (C=O) groups excluding carboxylic acids is 2. The topological polar surface area (TPSA) is 69.6 Å². The van der Waals surface area contributed by atoms with Crippen LogP contribution >= 0.6 is 0 Å². The summed E-state index contributed by atoms with van der Waals surface area (Å²) in [6.07, 6.45) is 0.349. The smallest absolute Gasteiger partial charge is 0.291 e. The molecule has 0 aliphatic heterocycles. The minimum atomic E-state index is -1.18. The predicted octanol–water partition coefficient (Wildman–Crippen LogP) is -0.209. The van der Waals surface area contributed by atoms with Crippen molar-refractivity contribution in [1.29, 1.82) is 0 Å². The van der Waals surface area contributed by atoms with Crippen molar-refractivity contribution in [2.24, 2.45) is 0 Å². The van der Waals surface area contributed by atoms with Gasteiger partial charge in [0, 0.05) is 14.1 Å². The summed E-state index contributed by atoms with van der Waals surface area (Å²) in [7, 11) is 2.99. The molecular formula is C8H16N2O3.